The first-order valence-electron chi connectivity index (χ1n) is 7.63. The van der Waals surface area contributed by atoms with Gasteiger partial charge < -0.3 is 10.2 Å². The van der Waals surface area contributed by atoms with Crippen LogP contribution in [0.5, 0.6) is 0 Å². The molecule has 2 aromatic carbocycles. The minimum atomic E-state index is -0.489. The van der Waals surface area contributed by atoms with Crippen LogP contribution in [-0.2, 0) is 0 Å². The third kappa shape index (κ3) is 3.26. The standard InChI is InChI=1S/C18H17F2N3/c19-15-5-3-7-18(14(15)12-21)23-10-8-13(9-11-23)22-17-6-2-1-4-16(17)20/h1-7,13,22H,8-11H2. The molecular formula is C18H17F2N3. The SMILES string of the molecule is N#Cc1c(F)cccc1N1CCC(Nc2ccccc2F)CC1. The Morgan fingerprint density at radius 1 is 1.00 bits per heavy atom. The molecule has 1 aliphatic rings. The van der Waals surface area contributed by atoms with E-state index in [4.69, 9.17) is 5.26 Å². The van der Waals surface area contributed by atoms with Gasteiger partial charge in [-0.05, 0) is 37.1 Å². The first kappa shape index (κ1) is 15.3. The van der Waals surface area contributed by atoms with Crippen molar-refractivity contribution in [1.82, 2.24) is 0 Å². The molecule has 0 amide bonds. The quantitative estimate of drug-likeness (QED) is 0.933. The fraction of sp³-hybridized carbons (Fsp3) is 0.278. The number of nitrogens with zero attached hydrogens (tertiary/aromatic N) is 2. The maximum Gasteiger partial charge on any atom is 0.146 e. The zero-order valence-electron chi connectivity index (χ0n) is 12.6. The van der Waals surface area contributed by atoms with Crippen molar-refractivity contribution in [2.75, 3.05) is 23.3 Å². The normalized spacial score (nSPS) is 15.3. The van der Waals surface area contributed by atoms with Crippen LogP contribution in [0.15, 0.2) is 42.5 Å². The van der Waals surface area contributed by atoms with Crippen LogP contribution in [-0.4, -0.2) is 19.1 Å². The van der Waals surface area contributed by atoms with Gasteiger partial charge in [0.05, 0.1) is 11.4 Å². The minimum absolute atomic E-state index is 0.0908. The van der Waals surface area contributed by atoms with Gasteiger partial charge in [0, 0.05) is 19.1 Å². The number of rotatable bonds is 3. The lowest BCUT2D eigenvalue weighted by Crippen LogP contribution is -2.39. The van der Waals surface area contributed by atoms with Crippen molar-refractivity contribution in [3.8, 4) is 6.07 Å². The molecule has 0 bridgehead atoms. The second-order valence-electron chi connectivity index (χ2n) is 5.63. The summed E-state index contributed by atoms with van der Waals surface area (Å²) in [7, 11) is 0. The largest absolute Gasteiger partial charge is 0.380 e. The highest BCUT2D eigenvalue weighted by atomic mass is 19.1. The summed E-state index contributed by atoms with van der Waals surface area (Å²) in [5, 5.41) is 12.4. The Kier molecular flexibility index (Phi) is 4.42. The molecule has 0 aromatic heterocycles. The van der Waals surface area contributed by atoms with Crippen molar-refractivity contribution in [3.05, 3.63) is 59.7 Å². The van der Waals surface area contributed by atoms with E-state index >= 15 is 0 Å². The summed E-state index contributed by atoms with van der Waals surface area (Å²) in [6, 6.07) is 13.4. The summed E-state index contributed by atoms with van der Waals surface area (Å²) in [5.74, 6) is -0.747. The Labute approximate surface area is 134 Å². The summed E-state index contributed by atoms with van der Waals surface area (Å²) in [5.41, 5.74) is 1.24. The number of nitrogens with one attached hydrogen (secondary N) is 1. The molecular weight excluding hydrogens is 296 g/mol. The predicted molar refractivity (Wildman–Crippen MR) is 86.4 cm³/mol. The molecule has 3 rings (SSSR count). The Morgan fingerprint density at radius 2 is 1.70 bits per heavy atom. The zero-order valence-corrected chi connectivity index (χ0v) is 12.6. The number of benzene rings is 2. The van der Waals surface area contributed by atoms with Crippen LogP contribution in [0.4, 0.5) is 20.2 Å². The van der Waals surface area contributed by atoms with E-state index in [-0.39, 0.29) is 17.4 Å². The molecule has 0 aliphatic carbocycles. The number of hydrogen-bond donors (Lipinski definition) is 1. The van der Waals surface area contributed by atoms with Gasteiger partial charge in [-0.25, -0.2) is 8.78 Å². The van der Waals surface area contributed by atoms with Crippen molar-refractivity contribution in [2.45, 2.75) is 18.9 Å². The Morgan fingerprint density at radius 3 is 2.39 bits per heavy atom. The van der Waals surface area contributed by atoms with Gasteiger partial charge in [-0.2, -0.15) is 5.26 Å². The Bertz CT molecular complexity index is 731. The van der Waals surface area contributed by atoms with E-state index in [9.17, 15) is 8.78 Å². The highest BCUT2D eigenvalue weighted by molar-refractivity contribution is 5.60. The van der Waals surface area contributed by atoms with E-state index in [1.54, 1.807) is 30.3 Å². The van der Waals surface area contributed by atoms with Crippen LogP contribution in [0.25, 0.3) is 0 Å². The van der Waals surface area contributed by atoms with Crippen LogP contribution >= 0.6 is 0 Å². The monoisotopic (exact) mass is 313 g/mol. The third-order valence-electron chi connectivity index (χ3n) is 4.17. The number of piperidine rings is 1. The zero-order chi connectivity index (χ0) is 16.2. The summed E-state index contributed by atoms with van der Waals surface area (Å²) < 4.78 is 27.4. The maximum absolute atomic E-state index is 13.7. The molecule has 2 aromatic rings. The molecule has 23 heavy (non-hydrogen) atoms. The van der Waals surface area contributed by atoms with Crippen molar-refractivity contribution in [3.63, 3.8) is 0 Å². The maximum atomic E-state index is 13.7. The van der Waals surface area contributed by atoms with Crippen molar-refractivity contribution < 1.29 is 8.78 Å². The number of nitriles is 1. The molecule has 1 heterocycles. The minimum Gasteiger partial charge on any atom is -0.380 e. The molecule has 5 heteroatoms. The second-order valence-corrected chi connectivity index (χ2v) is 5.63. The second kappa shape index (κ2) is 6.66. The van der Waals surface area contributed by atoms with Gasteiger partial charge in [-0.1, -0.05) is 18.2 Å². The van der Waals surface area contributed by atoms with Gasteiger partial charge in [-0.15, -0.1) is 0 Å². The van der Waals surface area contributed by atoms with Gasteiger partial charge in [0.2, 0.25) is 0 Å². The number of para-hydroxylation sites is 1. The molecule has 0 saturated carbocycles. The lowest BCUT2D eigenvalue weighted by Gasteiger charge is -2.34. The number of hydrogen-bond acceptors (Lipinski definition) is 3. The fourth-order valence-corrected chi connectivity index (χ4v) is 2.95. The van der Waals surface area contributed by atoms with Crippen LogP contribution in [0.3, 0.4) is 0 Å². The highest BCUT2D eigenvalue weighted by Gasteiger charge is 2.22. The Balaban J connectivity index is 1.67. The lowest BCUT2D eigenvalue weighted by atomic mass is 10.0. The summed E-state index contributed by atoms with van der Waals surface area (Å²) in [4.78, 5) is 2.02. The van der Waals surface area contributed by atoms with Crippen LogP contribution < -0.4 is 10.2 Å². The van der Waals surface area contributed by atoms with Crippen molar-refractivity contribution in [2.24, 2.45) is 0 Å². The average Bonchev–Trinajstić information content (AvgIpc) is 2.57. The first-order chi connectivity index (χ1) is 11.2. The van der Waals surface area contributed by atoms with E-state index in [1.165, 1.54) is 12.1 Å². The van der Waals surface area contributed by atoms with Crippen LogP contribution in [0, 0.1) is 23.0 Å². The molecule has 118 valence electrons. The molecule has 0 unspecified atom stereocenters. The van der Waals surface area contributed by atoms with Gasteiger partial charge in [-0.3, -0.25) is 0 Å². The van der Waals surface area contributed by atoms with Crippen LogP contribution in [0.1, 0.15) is 18.4 Å². The smallest absolute Gasteiger partial charge is 0.146 e. The topological polar surface area (TPSA) is 39.1 Å². The molecule has 3 nitrogen and oxygen atoms in total. The highest BCUT2D eigenvalue weighted by Crippen LogP contribution is 2.27. The van der Waals surface area contributed by atoms with Gasteiger partial charge in [0.25, 0.3) is 0 Å². The van der Waals surface area contributed by atoms with Crippen LogP contribution in [0.2, 0.25) is 0 Å². The molecule has 1 fully saturated rings. The van der Waals surface area contributed by atoms with E-state index in [2.05, 4.69) is 5.32 Å². The molecule has 1 N–H and O–H groups in total. The molecule has 1 aliphatic heterocycles. The summed E-state index contributed by atoms with van der Waals surface area (Å²) >= 11 is 0. The molecule has 0 atom stereocenters. The van der Waals surface area contributed by atoms with Gasteiger partial charge in [0.15, 0.2) is 0 Å². The third-order valence-corrected chi connectivity index (χ3v) is 4.17. The predicted octanol–water partition coefficient (Wildman–Crippen LogP) is 3.92. The van der Waals surface area contributed by atoms with E-state index in [0.717, 1.165) is 12.8 Å². The van der Waals surface area contributed by atoms with Gasteiger partial charge in [0.1, 0.15) is 23.3 Å². The summed E-state index contributed by atoms with van der Waals surface area (Å²) in [6.07, 6.45) is 1.60. The number of halogens is 2. The van der Waals surface area contributed by atoms with Crippen molar-refractivity contribution in [1.29, 1.82) is 5.26 Å². The average molecular weight is 313 g/mol. The molecule has 0 spiro atoms. The van der Waals surface area contributed by atoms with E-state index < -0.39 is 5.82 Å². The molecule has 0 radical (unpaired) electrons. The fourth-order valence-electron chi connectivity index (χ4n) is 2.95. The number of anilines is 2. The van der Waals surface area contributed by atoms with E-state index in [0.29, 0.717) is 24.5 Å². The summed E-state index contributed by atoms with van der Waals surface area (Å²) in [6.45, 7) is 1.40. The van der Waals surface area contributed by atoms with Crippen molar-refractivity contribution >= 4 is 11.4 Å². The van der Waals surface area contributed by atoms with Gasteiger partial charge >= 0.3 is 0 Å². The first-order valence-corrected chi connectivity index (χ1v) is 7.63. The molecule has 1 saturated heterocycles. The Hall–Kier alpha value is -2.61. The lowest BCUT2D eigenvalue weighted by molar-refractivity contribution is 0.521. The van der Waals surface area contributed by atoms with E-state index in [1.807, 2.05) is 11.0 Å².